The Balaban J connectivity index is 1.41. The summed E-state index contributed by atoms with van der Waals surface area (Å²) >= 11 is 0. The molecule has 5 heteroatoms. The van der Waals surface area contributed by atoms with Gasteiger partial charge in [0.05, 0.1) is 23.4 Å². The summed E-state index contributed by atoms with van der Waals surface area (Å²) < 4.78 is 5.78. The second-order valence-corrected chi connectivity index (χ2v) is 7.93. The van der Waals surface area contributed by atoms with Gasteiger partial charge in [-0.2, -0.15) is 0 Å². The first-order chi connectivity index (χ1) is 15.3. The van der Waals surface area contributed by atoms with Gasteiger partial charge in [-0.3, -0.25) is 9.78 Å². The van der Waals surface area contributed by atoms with Crippen LogP contribution in [0.15, 0.2) is 79.1 Å². The fourth-order valence-electron chi connectivity index (χ4n) is 3.59. The van der Waals surface area contributed by atoms with Gasteiger partial charge in [0, 0.05) is 35.6 Å². The number of ether oxygens (including phenoxy) is 1. The van der Waals surface area contributed by atoms with Crippen LogP contribution in [-0.4, -0.2) is 22.5 Å². The topological polar surface area (TPSA) is 64.1 Å². The van der Waals surface area contributed by atoms with E-state index in [-0.39, 0.29) is 5.91 Å². The predicted molar refractivity (Wildman–Crippen MR) is 122 cm³/mol. The normalized spacial score (nSPS) is 13.3. The predicted octanol–water partition coefficient (Wildman–Crippen LogP) is 5.48. The van der Waals surface area contributed by atoms with Crippen molar-refractivity contribution in [2.45, 2.75) is 19.4 Å². The Morgan fingerprint density at radius 1 is 1.03 bits per heavy atom. The van der Waals surface area contributed by atoms with E-state index in [1.165, 1.54) is 12.8 Å². The Morgan fingerprint density at radius 3 is 2.77 bits per heavy atom. The van der Waals surface area contributed by atoms with E-state index in [0.29, 0.717) is 12.2 Å². The highest BCUT2D eigenvalue weighted by Crippen LogP contribution is 2.29. The highest BCUT2D eigenvalue weighted by atomic mass is 16.5. The number of para-hydroxylation sites is 1. The summed E-state index contributed by atoms with van der Waals surface area (Å²) in [6.45, 7) is 1.38. The van der Waals surface area contributed by atoms with Crippen LogP contribution in [0.25, 0.3) is 22.2 Å². The average molecular weight is 409 g/mol. The Bertz CT molecular complexity index is 1220. The van der Waals surface area contributed by atoms with Crippen molar-refractivity contribution in [2.75, 3.05) is 11.9 Å². The summed E-state index contributed by atoms with van der Waals surface area (Å²) in [4.78, 5) is 22.2. The van der Waals surface area contributed by atoms with Gasteiger partial charge in [0.15, 0.2) is 0 Å². The number of anilines is 1. The maximum atomic E-state index is 13.2. The summed E-state index contributed by atoms with van der Waals surface area (Å²) in [5, 5.41) is 3.86. The molecule has 5 nitrogen and oxygen atoms in total. The van der Waals surface area contributed by atoms with Crippen LogP contribution in [0.5, 0.6) is 0 Å². The van der Waals surface area contributed by atoms with Crippen molar-refractivity contribution in [2.24, 2.45) is 5.92 Å². The number of nitrogens with one attached hydrogen (secondary N) is 1. The Labute approximate surface area is 181 Å². The number of carbonyl (C=O) groups is 1. The number of pyridine rings is 2. The van der Waals surface area contributed by atoms with Crippen molar-refractivity contribution in [3.8, 4) is 11.3 Å². The molecule has 0 aliphatic heterocycles. The van der Waals surface area contributed by atoms with E-state index in [0.717, 1.165) is 45.9 Å². The van der Waals surface area contributed by atoms with E-state index in [4.69, 9.17) is 9.72 Å². The molecule has 1 amide bonds. The first-order valence-corrected chi connectivity index (χ1v) is 10.5. The minimum atomic E-state index is -0.167. The molecule has 4 aromatic rings. The minimum absolute atomic E-state index is 0.167. The van der Waals surface area contributed by atoms with Crippen molar-refractivity contribution in [3.05, 3.63) is 90.3 Å². The zero-order valence-electron chi connectivity index (χ0n) is 17.1. The summed E-state index contributed by atoms with van der Waals surface area (Å²) in [5.74, 6) is 0.566. The van der Waals surface area contributed by atoms with E-state index in [1.807, 2.05) is 66.7 Å². The number of hydrogen-bond acceptors (Lipinski definition) is 4. The van der Waals surface area contributed by atoms with Crippen LogP contribution < -0.4 is 5.32 Å². The summed E-state index contributed by atoms with van der Waals surface area (Å²) in [6, 6.07) is 21.1. The molecule has 1 N–H and O–H groups in total. The third-order valence-corrected chi connectivity index (χ3v) is 5.42. The zero-order chi connectivity index (χ0) is 21.0. The maximum Gasteiger partial charge on any atom is 0.256 e. The molecule has 2 aromatic carbocycles. The van der Waals surface area contributed by atoms with Gasteiger partial charge in [-0.1, -0.05) is 30.3 Å². The number of fused-ring (bicyclic) bond motifs is 1. The van der Waals surface area contributed by atoms with Crippen molar-refractivity contribution >= 4 is 22.5 Å². The number of carbonyl (C=O) groups excluding carboxylic acids is 1. The number of hydrogen-bond donors (Lipinski definition) is 1. The summed E-state index contributed by atoms with van der Waals surface area (Å²) in [6.07, 6.45) is 6.03. The molecule has 0 saturated heterocycles. The monoisotopic (exact) mass is 409 g/mol. The Kier molecular flexibility index (Phi) is 5.42. The lowest BCUT2D eigenvalue weighted by Crippen LogP contribution is -2.13. The molecule has 2 aromatic heterocycles. The molecule has 0 bridgehead atoms. The fourth-order valence-corrected chi connectivity index (χ4v) is 3.59. The fraction of sp³-hybridized carbons (Fsp3) is 0.192. The molecule has 0 unspecified atom stereocenters. The molecule has 1 saturated carbocycles. The number of amides is 1. The molecule has 1 aliphatic rings. The van der Waals surface area contributed by atoms with Crippen molar-refractivity contribution in [1.29, 1.82) is 0 Å². The van der Waals surface area contributed by atoms with Crippen LogP contribution in [0.2, 0.25) is 0 Å². The van der Waals surface area contributed by atoms with Gasteiger partial charge >= 0.3 is 0 Å². The molecule has 1 aliphatic carbocycles. The largest absolute Gasteiger partial charge is 0.376 e. The van der Waals surface area contributed by atoms with Crippen LogP contribution >= 0.6 is 0 Å². The van der Waals surface area contributed by atoms with Gasteiger partial charge in [0.2, 0.25) is 0 Å². The second-order valence-electron chi connectivity index (χ2n) is 7.93. The summed E-state index contributed by atoms with van der Waals surface area (Å²) in [7, 11) is 0. The van der Waals surface area contributed by atoms with E-state index < -0.39 is 0 Å². The molecule has 0 atom stereocenters. The zero-order valence-corrected chi connectivity index (χ0v) is 17.1. The van der Waals surface area contributed by atoms with Crippen LogP contribution in [0.1, 0.15) is 28.8 Å². The van der Waals surface area contributed by atoms with Gasteiger partial charge in [0.25, 0.3) is 5.91 Å². The number of benzene rings is 2. The van der Waals surface area contributed by atoms with Gasteiger partial charge < -0.3 is 10.1 Å². The van der Waals surface area contributed by atoms with Crippen molar-refractivity contribution < 1.29 is 9.53 Å². The van der Waals surface area contributed by atoms with Crippen LogP contribution in [-0.2, 0) is 11.3 Å². The first-order valence-electron chi connectivity index (χ1n) is 10.5. The minimum Gasteiger partial charge on any atom is -0.376 e. The Morgan fingerprint density at radius 2 is 1.94 bits per heavy atom. The first kappa shape index (κ1) is 19.4. The average Bonchev–Trinajstić information content (AvgIpc) is 3.63. The van der Waals surface area contributed by atoms with Crippen LogP contribution in [0, 0.1) is 5.92 Å². The third-order valence-electron chi connectivity index (χ3n) is 5.42. The van der Waals surface area contributed by atoms with E-state index >= 15 is 0 Å². The quantitative estimate of drug-likeness (QED) is 0.439. The maximum absolute atomic E-state index is 13.2. The van der Waals surface area contributed by atoms with E-state index in [1.54, 1.807) is 12.4 Å². The molecule has 0 spiro atoms. The van der Waals surface area contributed by atoms with Gasteiger partial charge in [0.1, 0.15) is 0 Å². The smallest absolute Gasteiger partial charge is 0.256 e. The molecule has 2 heterocycles. The van der Waals surface area contributed by atoms with Crippen LogP contribution in [0.3, 0.4) is 0 Å². The Hall–Kier alpha value is -3.57. The van der Waals surface area contributed by atoms with Gasteiger partial charge in [-0.25, -0.2) is 4.98 Å². The van der Waals surface area contributed by atoms with Crippen LogP contribution in [0.4, 0.5) is 5.69 Å². The lowest BCUT2D eigenvalue weighted by Gasteiger charge is -2.11. The molecule has 5 rings (SSSR count). The molecule has 0 radical (unpaired) electrons. The highest BCUT2D eigenvalue weighted by Gasteiger charge is 2.21. The molecular weight excluding hydrogens is 386 g/mol. The lowest BCUT2D eigenvalue weighted by molar-refractivity contribution is 0.102. The number of rotatable bonds is 7. The highest BCUT2D eigenvalue weighted by molar-refractivity contribution is 6.13. The molecule has 1 fully saturated rings. The van der Waals surface area contributed by atoms with E-state index in [2.05, 4.69) is 10.3 Å². The summed E-state index contributed by atoms with van der Waals surface area (Å²) in [5.41, 5.74) is 4.75. The van der Waals surface area contributed by atoms with Crippen molar-refractivity contribution in [3.63, 3.8) is 0 Å². The van der Waals surface area contributed by atoms with E-state index in [9.17, 15) is 4.79 Å². The molecule has 31 heavy (non-hydrogen) atoms. The lowest BCUT2D eigenvalue weighted by atomic mass is 10.0. The molecule has 154 valence electrons. The standard InChI is InChI=1S/C26H23N3O2/c30-26(28-21-7-3-5-19(13-21)17-31-16-18-10-11-18)23-14-25(20-6-4-12-27-15-20)29-24-9-2-1-8-22(23)24/h1-9,12-15,18H,10-11,16-17H2,(H,28,30). The SMILES string of the molecule is O=C(Nc1cccc(COCC2CC2)c1)c1cc(-c2cccnc2)nc2ccccc12. The molecular formula is C26H23N3O2. The number of nitrogens with zero attached hydrogens (tertiary/aromatic N) is 2. The third kappa shape index (κ3) is 4.62. The number of aromatic nitrogens is 2. The van der Waals surface area contributed by atoms with Gasteiger partial charge in [-0.05, 0) is 60.7 Å². The van der Waals surface area contributed by atoms with Gasteiger partial charge in [-0.15, -0.1) is 0 Å². The second kappa shape index (κ2) is 8.66. The van der Waals surface area contributed by atoms with Crippen molar-refractivity contribution in [1.82, 2.24) is 9.97 Å².